The first-order valence-electron chi connectivity index (χ1n) is 8.70. The Bertz CT molecular complexity index is 1020. The van der Waals surface area contributed by atoms with E-state index >= 15 is 0 Å². The second-order valence-electron chi connectivity index (χ2n) is 6.41. The smallest absolute Gasteiger partial charge is 0.405 e. The Morgan fingerprint density at radius 2 is 1.93 bits per heavy atom. The van der Waals surface area contributed by atoms with Crippen molar-refractivity contribution in [3.05, 3.63) is 56.2 Å². The van der Waals surface area contributed by atoms with Crippen LogP contribution in [0, 0.1) is 0 Å². The van der Waals surface area contributed by atoms with Gasteiger partial charge in [0, 0.05) is 19.2 Å². The van der Waals surface area contributed by atoms with Gasteiger partial charge in [-0.25, -0.2) is 4.79 Å². The van der Waals surface area contributed by atoms with E-state index in [2.05, 4.69) is 4.74 Å². The third-order valence-corrected chi connectivity index (χ3v) is 4.09. The van der Waals surface area contributed by atoms with Gasteiger partial charge in [0.15, 0.2) is 5.78 Å². The van der Waals surface area contributed by atoms with Crippen LogP contribution in [-0.2, 0) is 17.8 Å². The van der Waals surface area contributed by atoms with Crippen molar-refractivity contribution in [3.63, 3.8) is 0 Å². The SMILES string of the molecule is COCCn1c(N)c(C(=O)CN(C)Cc2ccccc2OC(F)(F)F)c(=O)[nH]c1=O. The zero-order valence-electron chi connectivity index (χ0n) is 16.3. The Balaban J connectivity index is 2.21. The molecule has 1 aromatic carbocycles. The van der Waals surface area contributed by atoms with Crippen molar-refractivity contribution >= 4 is 11.6 Å². The largest absolute Gasteiger partial charge is 0.573 e. The molecular weight excluding hydrogens is 409 g/mol. The number of H-pyrrole nitrogens is 1. The summed E-state index contributed by atoms with van der Waals surface area (Å²) < 4.78 is 47.5. The minimum atomic E-state index is -4.86. The van der Waals surface area contributed by atoms with Crippen molar-refractivity contribution in [2.24, 2.45) is 0 Å². The van der Waals surface area contributed by atoms with E-state index in [1.807, 2.05) is 4.98 Å². The molecule has 0 saturated carbocycles. The van der Waals surface area contributed by atoms with Crippen molar-refractivity contribution in [2.75, 3.05) is 33.0 Å². The minimum Gasteiger partial charge on any atom is -0.405 e. The number of hydrogen-bond acceptors (Lipinski definition) is 7. The molecule has 9 nitrogen and oxygen atoms in total. The monoisotopic (exact) mass is 430 g/mol. The number of aromatic nitrogens is 2. The van der Waals surface area contributed by atoms with Gasteiger partial charge in [0.2, 0.25) is 0 Å². The Kier molecular flexibility index (Phi) is 7.40. The molecule has 1 heterocycles. The highest BCUT2D eigenvalue weighted by atomic mass is 19.4. The van der Waals surface area contributed by atoms with Gasteiger partial charge in [0.25, 0.3) is 5.56 Å². The number of anilines is 1. The lowest BCUT2D eigenvalue weighted by atomic mass is 10.1. The number of nitrogens with one attached hydrogen (secondary N) is 1. The number of carbonyl (C=O) groups is 1. The van der Waals surface area contributed by atoms with Gasteiger partial charge in [0.05, 0.1) is 19.7 Å². The summed E-state index contributed by atoms with van der Waals surface area (Å²) in [5.41, 5.74) is 3.92. The zero-order chi connectivity index (χ0) is 22.5. The highest BCUT2D eigenvalue weighted by Gasteiger charge is 2.32. The molecule has 0 bridgehead atoms. The number of Topliss-reactive ketones (excluding diaryl/α,β-unsaturated/α-hetero) is 1. The standard InChI is InChI=1S/C18H21F3N4O5/c1-24(9-11-5-3-4-6-13(11)30-18(19,20)21)10-12(26)14-15(22)25(7-8-29-2)17(28)23-16(14)27/h3-6H,7-10,22H2,1-2H3,(H,23,27,28). The van der Waals surface area contributed by atoms with E-state index in [1.54, 1.807) is 0 Å². The normalized spacial score (nSPS) is 11.7. The maximum atomic E-state index is 12.6. The number of methoxy groups -OCH3 is 1. The number of hydrogen-bond donors (Lipinski definition) is 2. The van der Waals surface area contributed by atoms with Crippen molar-refractivity contribution in [1.29, 1.82) is 0 Å². The quantitative estimate of drug-likeness (QED) is 0.569. The molecule has 0 atom stereocenters. The summed E-state index contributed by atoms with van der Waals surface area (Å²) in [6, 6.07) is 5.50. The highest BCUT2D eigenvalue weighted by Crippen LogP contribution is 2.27. The summed E-state index contributed by atoms with van der Waals surface area (Å²) in [5.74, 6) is -1.40. The summed E-state index contributed by atoms with van der Waals surface area (Å²) in [7, 11) is 2.89. The van der Waals surface area contributed by atoms with Gasteiger partial charge in [-0.2, -0.15) is 0 Å². The van der Waals surface area contributed by atoms with Gasteiger partial charge in [-0.1, -0.05) is 18.2 Å². The van der Waals surface area contributed by atoms with E-state index < -0.39 is 34.7 Å². The number of para-hydroxylation sites is 1. The van der Waals surface area contributed by atoms with Crippen LogP contribution in [0.5, 0.6) is 5.75 Å². The first kappa shape index (κ1) is 23.2. The number of nitrogen functional groups attached to an aromatic ring is 1. The number of halogens is 3. The molecule has 0 aliphatic carbocycles. The second kappa shape index (κ2) is 9.59. The van der Waals surface area contributed by atoms with E-state index in [9.17, 15) is 27.6 Å². The van der Waals surface area contributed by atoms with Gasteiger partial charge in [-0.15, -0.1) is 13.2 Å². The van der Waals surface area contributed by atoms with Gasteiger partial charge >= 0.3 is 12.1 Å². The summed E-state index contributed by atoms with van der Waals surface area (Å²) in [6.45, 7) is -0.259. The van der Waals surface area contributed by atoms with Crippen LogP contribution < -0.4 is 21.7 Å². The molecule has 1 aromatic heterocycles. The molecule has 12 heteroatoms. The maximum Gasteiger partial charge on any atom is 0.573 e. The molecular formula is C18H21F3N4O5. The topological polar surface area (TPSA) is 120 Å². The second-order valence-corrected chi connectivity index (χ2v) is 6.41. The Morgan fingerprint density at radius 3 is 2.57 bits per heavy atom. The van der Waals surface area contributed by atoms with Crippen molar-refractivity contribution in [2.45, 2.75) is 19.5 Å². The van der Waals surface area contributed by atoms with Gasteiger partial charge in [0.1, 0.15) is 17.1 Å². The number of likely N-dealkylation sites (N-methyl/N-ethyl adjacent to an activating group) is 1. The molecule has 0 amide bonds. The number of carbonyl (C=O) groups excluding carboxylic acids is 1. The van der Waals surface area contributed by atoms with Crippen molar-refractivity contribution in [1.82, 2.24) is 14.5 Å². The summed E-state index contributed by atoms with van der Waals surface area (Å²) >= 11 is 0. The van der Waals surface area contributed by atoms with E-state index in [0.717, 1.165) is 10.6 Å². The van der Waals surface area contributed by atoms with Crippen LogP contribution in [0.4, 0.5) is 19.0 Å². The third kappa shape index (κ3) is 5.94. The van der Waals surface area contributed by atoms with E-state index in [-0.39, 0.29) is 37.6 Å². The van der Waals surface area contributed by atoms with Crippen LogP contribution in [0.2, 0.25) is 0 Å². The number of ketones is 1. The first-order chi connectivity index (χ1) is 14.0. The van der Waals surface area contributed by atoms with Gasteiger partial charge in [-0.3, -0.25) is 24.0 Å². The molecule has 164 valence electrons. The molecule has 0 aliphatic rings. The van der Waals surface area contributed by atoms with Crippen LogP contribution in [0.1, 0.15) is 15.9 Å². The number of ether oxygens (including phenoxy) is 2. The lowest BCUT2D eigenvalue weighted by Crippen LogP contribution is -2.39. The van der Waals surface area contributed by atoms with Gasteiger partial charge in [-0.05, 0) is 13.1 Å². The van der Waals surface area contributed by atoms with E-state index in [4.69, 9.17) is 10.5 Å². The summed E-state index contributed by atoms with van der Waals surface area (Å²) in [6.07, 6.45) is -4.86. The van der Waals surface area contributed by atoms with Crippen LogP contribution in [0.25, 0.3) is 0 Å². The number of alkyl halides is 3. The van der Waals surface area contributed by atoms with E-state index in [1.165, 1.54) is 37.3 Å². The number of benzene rings is 1. The van der Waals surface area contributed by atoms with Crippen molar-refractivity contribution in [3.8, 4) is 5.75 Å². The predicted octanol–water partition coefficient (Wildman–Crippen LogP) is 0.979. The highest BCUT2D eigenvalue weighted by molar-refractivity contribution is 6.01. The fraction of sp³-hybridized carbons (Fsp3) is 0.389. The number of aromatic amines is 1. The molecule has 2 aromatic rings. The molecule has 0 aliphatic heterocycles. The number of nitrogens with two attached hydrogens (primary N) is 1. The van der Waals surface area contributed by atoms with E-state index in [0.29, 0.717) is 0 Å². The molecule has 0 saturated heterocycles. The lowest BCUT2D eigenvalue weighted by Gasteiger charge is -2.19. The first-order valence-corrected chi connectivity index (χ1v) is 8.70. The molecule has 2 rings (SSSR count). The summed E-state index contributed by atoms with van der Waals surface area (Å²) in [4.78, 5) is 40.1. The minimum absolute atomic E-state index is 0.0240. The van der Waals surface area contributed by atoms with Crippen LogP contribution in [0.3, 0.4) is 0 Å². The Hall–Kier alpha value is -3.12. The third-order valence-electron chi connectivity index (χ3n) is 4.09. The fourth-order valence-electron chi connectivity index (χ4n) is 2.79. The maximum absolute atomic E-state index is 12.6. The Labute approximate surface area is 168 Å². The molecule has 0 radical (unpaired) electrons. The number of nitrogens with zero attached hydrogens (tertiary/aromatic N) is 2. The van der Waals surface area contributed by atoms with Crippen molar-refractivity contribution < 1.29 is 27.4 Å². The molecule has 3 N–H and O–H groups in total. The van der Waals surface area contributed by atoms with Crippen LogP contribution in [-0.4, -0.2) is 53.9 Å². The average Bonchev–Trinajstić information content (AvgIpc) is 2.61. The lowest BCUT2D eigenvalue weighted by molar-refractivity contribution is -0.275. The predicted molar refractivity (Wildman–Crippen MR) is 101 cm³/mol. The zero-order valence-corrected chi connectivity index (χ0v) is 16.3. The number of rotatable bonds is 9. The van der Waals surface area contributed by atoms with Crippen LogP contribution >= 0.6 is 0 Å². The molecule has 0 fully saturated rings. The molecule has 0 unspecified atom stereocenters. The average molecular weight is 430 g/mol. The molecule has 0 spiro atoms. The van der Waals surface area contributed by atoms with Crippen LogP contribution in [0.15, 0.2) is 33.9 Å². The molecule has 30 heavy (non-hydrogen) atoms. The fourth-order valence-corrected chi connectivity index (χ4v) is 2.79. The Morgan fingerprint density at radius 1 is 1.27 bits per heavy atom. The summed E-state index contributed by atoms with van der Waals surface area (Å²) in [5, 5.41) is 0. The van der Waals surface area contributed by atoms with Gasteiger partial charge < -0.3 is 15.2 Å².